The number of carbonyl (C=O) groups excluding carboxylic acids is 1. The molecule has 116 valence electrons. The van der Waals surface area contributed by atoms with Gasteiger partial charge in [0.2, 0.25) is 5.91 Å². The summed E-state index contributed by atoms with van der Waals surface area (Å²) in [5.74, 6) is -1.07. The van der Waals surface area contributed by atoms with E-state index in [4.69, 9.17) is 10.9 Å². The highest BCUT2D eigenvalue weighted by molar-refractivity contribution is 5.98. The highest BCUT2D eigenvalue weighted by Crippen LogP contribution is 2.20. The fraction of sp³-hybridized carbons (Fsp3) is 0.467. The Balaban J connectivity index is 2.85. The Kier molecular flexibility index (Phi) is 6.65. The Hall–Kier alpha value is -2.11. The van der Waals surface area contributed by atoms with Crippen LogP contribution in [0.1, 0.15) is 45.1 Å². The van der Waals surface area contributed by atoms with E-state index < -0.39 is 5.82 Å². The number of nitrogens with two attached hydrogens (primary N) is 1. The van der Waals surface area contributed by atoms with Crippen LogP contribution in [0.25, 0.3) is 0 Å². The third kappa shape index (κ3) is 4.73. The normalized spacial score (nSPS) is 11.7. The summed E-state index contributed by atoms with van der Waals surface area (Å²) in [6, 6.07) is 4.03. The zero-order valence-electron chi connectivity index (χ0n) is 12.4. The van der Waals surface area contributed by atoms with Gasteiger partial charge in [-0.2, -0.15) is 0 Å². The number of nitrogens with one attached hydrogen (secondary N) is 1. The number of anilines is 1. The Labute approximate surface area is 124 Å². The van der Waals surface area contributed by atoms with Gasteiger partial charge in [0.15, 0.2) is 5.84 Å². The molecule has 1 amide bonds. The molecule has 0 aliphatic carbocycles. The minimum absolute atomic E-state index is 0.103. The summed E-state index contributed by atoms with van der Waals surface area (Å²) in [5, 5.41) is 14.0. The summed E-state index contributed by atoms with van der Waals surface area (Å²) in [7, 11) is 0. The lowest BCUT2D eigenvalue weighted by Gasteiger charge is -2.15. The number of hydrogen-bond acceptors (Lipinski definition) is 3. The van der Waals surface area contributed by atoms with Gasteiger partial charge >= 0.3 is 0 Å². The van der Waals surface area contributed by atoms with Gasteiger partial charge in [-0.1, -0.05) is 31.8 Å². The molecular formula is C15H22FN3O2. The zero-order chi connectivity index (χ0) is 15.8. The molecular weight excluding hydrogens is 273 g/mol. The van der Waals surface area contributed by atoms with E-state index in [9.17, 15) is 9.18 Å². The van der Waals surface area contributed by atoms with E-state index in [0.717, 1.165) is 31.7 Å². The summed E-state index contributed by atoms with van der Waals surface area (Å²) in [6.07, 6.45) is 3.37. The van der Waals surface area contributed by atoms with E-state index in [1.807, 2.05) is 13.8 Å². The molecule has 0 spiro atoms. The fourth-order valence-corrected chi connectivity index (χ4v) is 2.17. The summed E-state index contributed by atoms with van der Waals surface area (Å²) in [6.45, 7) is 4.03. The van der Waals surface area contributed by atoms with Gasteiger partial charge in [0, 0.05) is 11.5 Å². The van der Waals surface area contributed by atoms with Crippen molar-refractivity contribution in [2.75, 3.05) is 5.32 Å². The quantitative estimate of drug-likeness (QED) is 0.312. The van der Waals surface area contributed by atoms with Gasteiger partial charge in [0.05, 0.1) is 5.69 Å². The van der Waals surface area contributed by atoms with Gasteiger partial charge < -0.3 is 16.3 Å². The van der Waals surface area contributed by atoms with Gasteiger partial charge in [0.25, 0.3) is 0 Å². The summed E-state index contributed by atoms with van der Waals surface area (Å²) >= 11 is 0. The molecule has 0 atom stereocenters. The highest BCUT2D eigenvalue weighted by atomic mass is 19.1. The molecule has 0 aliphatic rings. The van der Waals surface area contributed by atoms with Crippen molar-refractivity contribution in [1.29, 1.82) is 0 Å². The Morgan fingerprint density at radius 3 is 2.48 bits per heavy atom. The van der Waals surface area contributed by atoms with Crippen molar-refractivity contribution < 1.29 is 14.4 Å². The summed E-state index contributed by atoms with van der Waals surface area (Å²) in [5.41, 5.74) is 5.75. The third-order valence-corrected chi connectivity index (χ3v) is 3.28. The number of halogens is 1. The van der Waals surface area contributed by atoms with Gasteiger partial charge in [-0.15, -0.1) is 0 Å². The topological polar surface area (TPSA) is 87.7 Å². The number of amidine groups is 1. The minimum atomic E-state index is -0.612. The molecule has 0 saturated carbocycles. The van der Waals surface area contributed by atoms with Gasteiger partial charge in [-0.05, 0) is 31.0 Å². The second-order valence-corrected chi connectivity index (χ2v) is 4.94. The Morgan fingerprint density at radius 2 is 2.00 bits per heavy atom. The number of hydrogen-bond donors (Lipinski definition) is 3. The lowest BCUT2D eigenvalue weighted by molar-refractivity contribution is -0.120. The van der Waals surface area contributed by atoms with Crippen LogP contribution in [-0.2, 0) is 4.79 Å². The lowest BCUT2D eigenvalue weighted by atomic mass is 9.97. The first kappa shape index (κ1) is 16.9. The van der Waals surface area contributed by atoms with E-state index >= 15 is 0 Å². The predicted octanol–water partition coefficient (Wildman–Crippen LogP) is 3.08. The molecule has 21 heavy (non-hydrogen) atoms. The van der Waals surface area contributed by atoms with Gasteiger partial charge in [0.1, 0.15) is 5.82 Å². The number of rotatable bonds is 7. The third-order valence-electron chi connectivity index (χ3n) is 3.28. The largest absolute Gasteiger partial charge is 0.409 e. The average Bonchev–Trinajstić information content (AvgIpc) is 2.48. The van der Waals surface area contributed by atoms with Crippen molar-refractivity contribution in [3.8, 4) is 0 Å². The van der Waals surface area contributed by atoms with Crippen molar-refractivity contribution in [3.63, 3.8) is 0 Å². The maximum atomic E-state index is 13.9. The number of benzene rings is 1. The standard InChI is InChI=1S/C15H22FN3O2/c1-3-5-10(6-4-2)15(20)18-13-8-7-11(9-12(13)16)14(17)19-21/h7-10,21H,3-6H2,1-2H3,(H2,17,19)(H,18,20). The minimum Gasteiger partial charge on any atom is -0.409 e. The maximum absolute atomic E-state index is 13.9. The lowest BCUT2D eigenvalue weighted by Crippen LogP contribution is -2.23. The van der Waals surface area contributed by atoms with Crippen molar-refractivity contribution >= 4 is 17.4 Å². The van der Waals surface area contributed by atoms with Crippen LogP contribution in [0, 0.1) is 11.7 Å². The Morgan fingerprint density at radius 1 is 1.38 bits per heavy atom. The smallest absolute Gasteiger partial charge is 0.227 e. The molecule has 5 nitrogen and oxygen atoms in total. The number of nitrogens with zero attached hydrogens (tertiary/aromatic N) is 1. The van der Waals surface area contributed by atoms with Gasteiger partial charge in [-0.3, -0.25) is 4.79 Å². The predicted molar refractivity (Wildman–Crippen MR) is 80.8 cm³/mol. The second-order valence-electron chi connectivity index (χ2n) is 4.94. The molecule has 0 saturated heterocycles. The first-order valence-electron chi connectivity index (χ1n) is 7.11. The van der Waals surface area contributed by atoms with Crippen LogP contribution in [0.4, 0.5) is 10.1 Å². The SMILES string of the molecule is CCCC(CCC)C(=O)Nc1ccc(/C(N)=N/O)cc1F. The zero-order valence-corrected chi connectivity index (χ0v) is 12.4. The van der Waals surface area contributed by atoms with Crippen LogP contribution in [0.5, 0.6) is 0 Å². The van der Waals surface area contributed by atoms with E-state index in [-0.39, 0.29) is 28.9 Å². The van der Waals surface area contributed by atoms with Crippen molar-refractivity contribution in [1.82, 2.24) is 0 Å². The summed E-state index contributed by atoms with van der Waals surface area (Å²) in [4.78, 5) is 12.2. The van der Waals surface area contributed by atoms with Crippen LogP contribution >= 0.6 is 0 Å². The average molecular weight is 295 g/mol. The monoisotopic (exact) mass is 295 g/mol. The molecule has 0 heterocycles. The van der Waals surface area contributed by atoms with E-state index in [1.54, 1.807) is 0 Å². The molecule has 0 fully saturated rings. The molecule has 0 unspecified atom stereocenters. The van der Waals surface area contributed by atoms with E-state index in [1.165, 1.54) is 12.1 Å². The summed E-state index contributed by atoms with van der Waals surface area (Å²) < 4.78 is 13.9. The first-order valence-corrected chi connectivity index (χ1v) is 7.11. The number of oxime groups is 1. The van der Waals surface area contributed by atoms with E-state index in [2.05, 4.69) is 10.5 Å². The van der Waals surface area contributed by atoms with Crippen LogP contribution in [0.2, 0.25) is 0 Å². The van der Waals surface area contributed by atoms with Crippen molar-refractivity contribution in [2.24, 2.45) is 16.8 Å². The molecule has 4 N–H and O–H groups in total. The first-order chi connectivity index (χ1) is 10.0. The molecule has 0 aliphatic heterocycles. The van der Waals surface area contributed by atoms with E-state index in [0.29, 0.717) is 0 Å². The highest BCUT2D eigenvalue weighted by Gasteiger charge is 2.18. The van der Waals surface area contributed by atoms with Crippen molar-refractivity contribution in [2.45, 2.75) is 39.5 Å². The second kappa shape index (κ2) is 8.24. The molecule has 6 heteroatoms. The maximum Gasteiger partial charge on any atom is 0.227 e. The van der Waals surface area contributed by atoms with Gasteiger partial charge in [-0.25, -0.2) is 4.39 Å². The Bertz CT molecular complexity index is 512. The van der Waals surface area contributed by atoms with Crippen LogP contribution in [0.15, 0.2) is 23.4 Å². The molecule has 1 rings (SSSR count). The number of carbonyl (C=O) groups is 1. The molecule has 0 bridgehead atoms. The van der Waals surface area contributed by atoms with Crippen LogP contribution in [-0.4, -0.2) is 17.0 Å². The molecule has 1 aromatic rings. The molecule has 0 radical (unpaired) electrons. The number of amides is 1. The van der Waals surface area contributed by atoms with Crippen LogP contribution in [0.3, 0.4) is 0 Å². The fourth-order valence-electron chi connectivity index (χ4n) is 2.17. The molecule has 1 aromatic carbocycles. The van der Waals surface area contributed by atoms with Crippen molar-refractivity contribution in [3.05, 3.63) is 29.6 Å². The van der Waals surface area contributed by atoms with Crippen LogP contribution < -0.4 is 11.1 Å². The molecule has 0 aromatic heterocycles.